The lowest BCUT2D eigenvalue weighted by Crippen LogP contribution is -2.07. The van der Waals surface area contributed by atoms with Crippen LogP contribution in [0.3, 0.4) is 0 Å². The summed E-state index contributed by atoms with van der Waals surface area (Å²) in [6.45, 7) is 15.5. The molecule has 0 atom stereocenters. The van der Waals surface area contributed by atoms with Crippen molar-refractivity contribution in [3.05, 3.63) is 190 Å². The SMILES string of the molecule is CC=Cc1cc(O)c(O)c(O)c1.COc1cc(C)cc(OC)c1O.COc1cc(C)cc(OC)c1OC.Cc1cc(O)c(C)c(O)c1.Cc1ccc(N(C)C)cc1.Cc1ccc2ccccc2c1.Cc1ccncc1. The van der Waals surface area contributed by atoms with Crippen molar-refractivity contribution >= 4 is 22.5 Å². The Morgan fingerprint density at radius 3 is 1.25 bits per heavy atom. The van der Waals surface area contributed by atoms with E-state index in [4.69, 9.17) is 49.2 Å². The first-order valence-electron chi connectivity index (χ1n) is 23.7. The lowest BCUT2D eigenvalue weighted by molar-refractivity contribution is 0.324. The molecule has 7 aromatic carbocycles. The molecule has 0 bridgehead atoms. The van der Waals surface area contributed by atoms with Crippen molar-refractivity contribution in [1.29, 1.82) is 0 Å². The lowest BCUT2D eigenvalue weighted by atomic mass is 10.1. The largest absolute Gasteiger partial charge is 0.508 e. The fourth-order valence-corrected chi connectivity index (χ4v) is 6.55. The van der Waals surface area contributed by atoms with Crippen LogP contribution in [0.15, 0.2) is 146 Å². The number of hydrogen-bond acceptors (Lipinski definition) is 13. The van der Waals surface area contributed by atoms with E-state index >= 15 is 0 Å². The van der Waals surface area contributed by atoms with Crippen LogP contribution in [0.5, 0.6) is 63.2 Å². The molecule has 0 spiro atoms. The van der Waals surface area contributed by atoms with E-state index in [1.54, 1.807) is 77.1 Å². The molecular formula is C62H76N2O11. The van der Waals surface area contributed by atoms with E-state index in [1.165, 1.54) is 59.5 Å². The van der Waals surface area contributed by atoms with Crippen LogP contribution in [0.2, 0.25) is 0 Å². The topological polar surface area (TPSA) is 184 Å². The van der Waals surface area contributed by atoms with Gasteiger partial charge < -0.3 is 59.2 Å². The molecule has 0 radical (unpaired) electrons. The average Bonchev–Trinajstić information content (AvgIpc) is 3.39. The minimum absolute atomic E-state index is 0.0469. The smallest absolute Gasteiger partial charge is 0.203 e. The summed E-state index contributed by atoms with van der Waals surface area (Å²) in [5.41, 5.74) is 9.25. The van der Waals surface area contributed by atoms with Crippen molar-refractivity contribution in [2.75, 3.05) is 54.5 Å². The molecule has 1 aromatic heterocycles. The van der Waals surface area contributed by atoms with Crippen LogP contribution in [0.1, 0.15) is 51.4 Å². The van der Waals surface area contributed by atoms with Gasteiger partial charge in [0, 0.05) is 37.7 Å². The normalized spacial score (nSPS) is 9.80. The monoisotopic (exact) mass is 1020 g/mol. The molecule has 0 aliphatic heterocycles. The number of phenolic OH excluding ortho intramolecular Hbond substituents is 6. The lowest BCUT2D eigenvalue weighted by Gasteiger charge is -2.12. The second-order valence-corrected chi connectivity index (χ2v) is 17.2. The first-order valence-corrected chi connectivity index (χ1v) is 23.7. The average molecular weight is 1030 g/mol. The molecule has 0 aliphatic carbocycles. The summed E-state index contributed by atoms with van der Waals surface area (Å²) in [6, 6.07) is 40.6. The van der Waals surface area contributed by atoms with E-state index in [0.717, 1.165) is 16.7 Å². The second-order valence-electron chi connectivity index (χ2n) is 17.2. The number of anilines is 1. The van der Waals surface area contributed by atoms with Gasteiger partial charge in [0.2, 0.25) is 11.5 Å². The molecule has 75 heavy (non-hydrogen) atoms. The summed E-state index contributed by atoms with van der Waals surface area (Å²) >= 11 is 0. The van der Waals surface area contributed by atoms with Gasteiger partial charge in [0.25, 0.3) is 0 Å². The number of benzene rings is 7. The summed E-state index contributed by atoms with van der Waals surface area (Å²) in [7, 11) is 11.9. The van der Waals surface area contributed by atoms with Gasteiger partial charge in [0.05, 0.1) is 35.5 Å². The van der Waals surface area contributed by atoms with Crippen molar-refractivity contribution in [2.45, 2.75) is 55.4 Å². The minimum atomic E-state index is -0.483. The van der Waals surface area contributed by atoms with Crippen LogP contribution in [0.4, 0.5) is 5.69 Å². The number of nitrogens with zero attached hydrogens (tertiary/aromatic N) is 2. The number of fused-ring (bicyclic) bond motifs is 1. The quantitative estimate of drug-likeness (QED) is 0.0830. The predicted molar refractivity (Wildman–Crippen MR) is 305 cm³/mol. The third kappa shape index (κ3) is 21.5. The first kappa shape index (κ1) is 62.4. The van der Waals surface area contributed by atoms with Gasteiger partial charge in [-0.3, -0.25) is 4.98 Å². The Morgan fingerprint density at radius 2 is 0.840 bits per heavy atom. The molecule has 0 fully saturated rings. The number of ether oxygens (including phenoxy) is 5. The Morgan fingerprint density at radius 1 is 0.413 bits per heavy atom. The molecule has 13 nitrogen and oxygen atoms in total. The zero-order valence-corrected chi connectivity index (χ0v) is 46.1. The number of aromatic hydroxyl groups is 6. The van der Waals surface area contributed by atoms with Crippen LogP contribution < -0.4 is 28.6 Å². The number of aromatic nitrogens is 1. The molecule has 400 valence electrons. The molecule has 6 N–H and O–H groups in total. The van der Waals surface area contributed by atoms with Crippen LogP contribution >= 0.6 is 0 Å². The van der Waals surface area contributed by atoms with Crippen LogP contribution in [-0.2, 0) is 0 Å². The maximum absolute atomic E-state index is 9.46. The number of hydrogen-bond donors (Lipinski definition) is 6. The zero-order valence-electron chi connectivity index (χ0n) is 46.1. The standard InChI is InChI=1S/C11H10.C10H14O3.C9H13N.C9H12O3.C9H10O3.C8H10O2.C6H7N/c1-9-6-7-10-4-2-3-5-11(10)8-9;1-7-5-8(11-2)10(13-4)9(6-7)12-3;1-8-4-6-9(7-5-8)10(2)3;1-6-4-7(11-2)9(10)8(5-6)12-3;1-2-3-6-4-7(10)9(12)8(11)5-6;1-5-3-7(9)6(2)8(10)4-5;1-6-2-4-7-5-3-6/h2-8H,1H3;5-6H,1-4H3;4-7H,1-3H3;4-5,10H,1-3H3;2-5,10-12H,1H3;3-4,9-10H,1-2H3;2-5H,1H3. The second kappa shape index (κ2) is 32.4. The van der Waals surface area contributed by atoms with Gasteiger partial charge in [-0.2, -0.15) is 0 Å². The molecule has 1 heterocycles. The van der Waals surface area contributed by atoms with Crippen molar-refractivity contribution in [2.24, 2.45) is 0 Å². The molecular weight excluding hydrogens is 949 g/mol. The van der Waals surface area contributed by atoms with E-state index in [2.05, 4.69) is 90.5 Å². The molecule has 8 aromatic rings. The maximum atomic E-state index is 9.46. The molecule has 0 saturated heterocycles. The van der Waals surface area contributed by atoms with Gasteiger partial charge in [-0.15, -0.1) is 0 Å². The summed E-state index contributed by atoms with van der Waals surface area (Å²) in [5.74, 6) is 2.13. The molecule has 13 heteroatoms. The fraction of sp³-hybridized carbons (Fsp3) is 0.242. The van der Waals surface area contributed by atoms with Crippen LogP contribution in [0, 0.1) is 48.5 Å². The number of pyridine rings is 1. The van der Waals surface area contributed by atoms with Crippen molar-refractivity contribution in [3.8, 4) is 63.2 Å². The molecule has 0 unspecified atom stereocenters. The van der Waals surface area contributed by atoms with Gasteiger partial charge in [0.15, 0.2) is 40.2 Å². The third-order valence-corrected chi connectivity index (χ3v) is 10.7. The molecule has 0 saturated carbocycles. The van der Waals surface area contributed by atoms with Crippen molar-refractivity contribution in [1.82, 2.24) is 4.98 Å². The van der Waals surface area contributed by atoms with E-state index in [9.17, 15) is 5.11 Å². The highest BCUT2D eigenvalue weighted by Crippen LogP contribution is 2.39. The summed E-state index contributed by atoms with van der Waals surface area (Å²) in [6.07, 6.45) is 7.05. The number of aryl methyl sites for hydroxylation is 6. The first-order chi connectivity index (χ1) is 35.6. The number of methoxy groups -OCH3 is 5. The number of allylic oxidation sites excluding steroid dienone is 1. The van der Waals surface area contributed by atoms with E-state index in [0.29, 0.717) is 39.9 Å². The molecule has 0 aliphatic rings. The van der Waals surface area contributed by atoms with Gasteiger partial charge in [-0.05, 0) is 167 Å². The van der Waals surface area contributed by atoms with E-state index < -0.39 is 5.75 Å². The molecule has 8 rings (SSSR count). The Labute approximate surface area is 443 Å². The summed E-state index contributed by atoms with van der Waals surface area (Å²) in [5, 5.41) is 57.5. The Balaban J connectivity index is 0.000000301. The van der Waals surface area contributed by atoms with Gasteiger partial charge >= 0.3 is 0 Å². The number of rotatable bonds is 7. The van der Waals surface area contributed by atoms with E-state index in [1.807, 2.05) is 73.0 Å². The third-order valence-electron chi connectivity index (χ3n) is 10.7. The molecule has 0 amide bonds. The highest BCUT2D eigenvalue weighted by atomic mass is 16.5. The van der Waals surface area contributed by atoms with Gasteiger partial charge in [0.1, 0.15) is 11.5 Å². The highest BCUT2D eigenvalue weighted by molar-refractivity contribution is 5.82. The number of phenols is 6. The Hall–Kier alpha value is -8.71. The fourth-order valence-electron chi connectivity index (χ4n) is 6.55. The van der Waals surface area contributed by atoms with Crippen LogP contribution in [0.25, 0.3) is 16.8 Å². The zero-order chi connectivity index (χ0) is 56.2. The van der Waals surface area contributed by atoms with Crippen molar-refractivity contribution < 1.29 is 54.3 Å². The van der Waals surface area contributed by atoms with Gasteiger partial charge in [-0.1, -0.05) is 77.9 Å². The summed E-state index contributed by atoms with van der Waals surface area (Å²) in [4.78, 5) is 5.94. The highest BCUT2D eigenvalue weighted by Gasteiger charge is 2.11. The minimum Gasteiger partial charge on any atom is -0.508 e. The van der Waals surface area contributed by atoms with Crippen molar-refractivity contribution in [3.63, 3.8) is 0 Å². The summed E-state index contributed by atoms with van der Waals surface area (Å²) < 4.78 is 25.3. The van der Waals surface area contributed by atoms with Gasteiger partial charge in [-0.25, -0.2) is 0 Å². The Kier molecular flexibility index (Phi) is 26.9. The Bertz CT molecular complexity index is 2900. The predicted octanol–water partition coefficient (Wildman–Crippen LogP) is 13.9. The van der Waals surface area contributed by atoms with Crippen LogP contribution in [-0.4, -0.2) is 85.3 Å². The van der Waals surface area contributed by atoms with E-state index in [-0.39, 0.29) is 28.7 Å². The maximum Gasteiger partial charge on any atom is 0.203 e.